The summed E-state index contributed by atoms with van der Waals surface area (Å²) in [5.74, 6) is -0.316. The lowest BCUT2D eigenvalue weighted by molar-refractivity contribution is -0.138. The summed E-state index contributed by atoms with van der Waals surface area (Å²) >= 11 is 6.34. The second-order valence-electron chi connectivity index (χ2n) is 6.53. The van der Waals surface area contributed by atoms with E-state index in [2.05, 4.69) is 10.2 Å². The third-order valence-corrected chi connectivity index (χ3v) is 4.73. The largest absolute Gasteiger partial charge is 0.493 e. The van der Waals surface area contributed by atoms with Gasteiger partial charge in [-0.05, 0) is 43.6 Å². The van der Waals surface area contributed by atoms with E-state index in [0.29, 0.717) is 23.1 Å². The molecule has 8 heteroatoms. The first-order valence-corrected chi connectivity index (χ1v) is 9.57. The van der Waals surface area contributed by atoms with Crippen molar-refractivity contribution in [3.8, 4) is 11.5 Å². The number of rotatable bonds is 10. The number of carbonyl (C=O) groups is 2. The summed E-state index contributed by atoms with van der Waals surface area (Å²) in [5.41, 5.74) is 0.754. The third-order valence-electron chi connectivity index (χ3n) is 4.45. The Kier molecular flexibility index (Phi) is 8.67. The number of benzene rings is 1. The molecule has 1 aliphatic heterocycles. The Bertz CT molecular complexity index is 647. The molecule has 1 fully saturated rings. The first-order chi connectivity index (χ1) is 13.0. The van der Waals surface area contributed by atoms with Crippen molar-refractivity contribution in [1.82, 2.24) is 10.2 Å². The molecule has 0 spiro atoms. The van der Waals surface area contributed by atoms with Crippen LogP contribution >= 0.6 is 11.6 Å². The molecule has 27 heavy (non-hydrogen) atoms. The predicted octanol–water partition coefficient (Wildman–Crippen LogP) is 2.69. The second kappa shape index (κ2) is 11.0. The molecule has 0 unspecified atom stereocenters. The van der Waals surface area contributed by atoms with Gasteiger partial charge in [0, 0.05) is 19.5 Å². The van der Waals surface area contributed by atoms with Crippen molar-refractivity contribution in [2.75, 3.05) is 33.4 Å². The van der Waals surface area contributed by atoms with Gasteiger partial charge in [-0.2, -0.15) is 0 Å². The Morgan fingerprint density at radius 1 is 1.22 bits per heavy atom. The quantitative estimate of drug-likeness (QED) is 0.630. The van der Waals surface area contributed by atoms with Gasteiger partial charge in [0.15, 0.2) is 11.5 Å². The van der Waals surface area contributed by atoms with Crippen LogP contribution < -0.4 is 14.8 Å². The van der Waals surface area contributed by atoms with E-state index in [-0.39, 0.29) is 25.3 Å². The van der Waals surface area contributed by atoms with Crippen molar-refractivity contribution in [3.05, 3.63) is 22.7 Å². The first-order valence-electron chi connectivity index (χ1n) is 9.19. The maximum absolute atomic E-state index is 11.7. The van der Waals surface area contributed by atoms with Crippen LogP contribution in [0.15, 0.2) is 12.1 Å². The zero-order chi connectivity index (χ0) is 19.6. The minimum atomic E-state index is -0.999. The van der Waals surface area contributed by atoms with Gasteiger partial charge in [-0.1, -0.05) is 18.0 Å². The minimum Gasteiger partial charge on any atom is -0.493 e. The normalized spacial score (nSPS) is 14.6. The smallest absolute Gasteiger partial charge is 0.303 e. The molecular weight excluding hydrogens is 372 g/mol. The van der Waals surface area contributed by atoms with Crippen molar-refractivity contribution < 1.29 is 24.2 Å². The van der Waals surface area contributed by atoms with Crippen LogP contribution in [0.25, 0.3) is 0 Å². The Morgan fingerprint density at radius 3 is 2.63 bits per heavy atom. The SMILES string of the molecule is COc1cc(CNC(=O)CCC(=O)O)cc(Cl)c1OCCN1CCCCC1. The lowest BCUT2D eigenvalue weighted by Gasteiger charge is -2.26. The fourth-order valence-electron chi connectivity index (χ4n) is 2.98. The number of nitrogens with zero attached hydrogens (tertiary/aromatic N) is 1. The van der Waals surface area contributed by atoms with Crippen molar-refractivity contribution in [3.63, 3.8) is 0 Å². The molecule has 0 saturated carbocycles. The number of nitrogens with one attached hydrogen (secondary N) is 1. The van der Waals surface area contributed by atoms with Gasteiger partial charge in [0.1, 0.15) is 6.61 Å². The van der Waals surface area contributed by atoms with Crippen molar-refractivity contribution in [2.45, 2.75) is 38.6 Å². The average molecular weight is 399 g/mol. The molecule has 1 aromatic rings. The van der Waals surface area contributed by atoms with Gasteiger partial charge in [-0.3, -0.25) is 14.5 Å². The van der Waals surface area contributed by atoms with Crippen LogP contribution in [0.4, 0.5) is 0 Å². The lowest BCUT2D eigenvalue weighted by atomic mass is 10.1. The Hall–Kier alpha value is -1.99. The van der Waals surface area contributed by atoms with Crippen molar-refractivity contribution in [1.29, 1.82) is 0 Å². The molecule has 1 heterocycles. The fraction of sp³-hybridized carbons (Fsp3) is 0.579. The van der Waals surface area contributed by atoms with Crippen LogP contribution in [0.5, 0.6) is 11.5 Å². The van der Waals surface area contributed by atoms with Crippen molar-refractivity contribution in [2.24, 2.45) is 0 Å². The van der Waals surface area contributed by atoms with Gasteiger partial charge in [-0.15, -0.1) is 0 Å². The van der Waals surface area contributed by atoms with Gasteiger partial charge in [0.05, 0.1) is 18.6 Å². The van der Waals surface area contributed by atoms with E-state index in [9.17, 15) is 9.59 Å². The van der Waals surface area contributed by atoms with E-state index in [1.807, 2.05) is 0 Å². The summed E-state index contributed by atoms with van der Waals surface area (Å²) < 4.78 is 11.2. The number of carbonyl (C=O) groups excluding carboxylic acids is 1. The highest BCUT2D eigenvalue weighted by Crippen LogP contribution is 2.36. The first kappa shape index (κ1) is 21.3. The Labute approximate surface area is 164 Å². The van der Waals surface area contributed by atoms with E-state index in [1.54, 1.807) is 19.2 Å². The number of methoxy groups -OCH3 is 1. The van der Waals surface area contributed by atoms with Gasteiger partial charge in [0.25, 0.3) is 0 Å². The number of ether oxygens (including phenoxy) is 2. The molecule has 2 N–H and O–H groups in total. The maximum Gasteiger partial charge on any atom is 0.303 e. The molecule has 0 radical (unpaired) electrons. The van der Waals surface area contributed by atoms with Gasteiger partial charge in [0.2, 0.25) is 5.91 Å². The van der Waals surface area contributed by atoms with Crippen LogP contribution in [0.3, 0.4) is 0 Å². The molecule has 0 atom stereocenters. The standard InChI is InChI=1S/C19H27ClN2O5/c1-26-16-12-14(13-21-17(23)5-6-18(24)25)11-15(20)19(16)27-10-9-22-7-3-2-4-8-22/h11-12H,2-10,13H2,1H3,(H,21,23)(H,24,25). The zero-order valence-electron chi connectivity index (χ0n) is 15.6. The van der Waals surface area contributed by atoms with E-state index in [4.69, 9.17) is 26.2 Å². The van der Waals surface area contributed by atoms with E-state index >= 15 is 0 Å². The summed E-state index contributed by atoms with van der Waals surface area (Å²) in [4.78, 5) is 24.5. The Morgan fingerprint density at radius 2 is 1.96 bits per heavy atom. The number of hydrogen-bond acceptors (Lipinski definition) is 5. The number of amides is 1. The van der Waals surface area contributed by atoms with Gasteiger partial charge < -0.3 is 19.9 Å². The molecule has 150 valence electrons. The highest BCUT2D eigenvalue weighted by Gasteiger charge is 2.15. The molecule has 1 aliphatic rings. The number of piperidine rings is 1. The topological polar surface area (TPSA) is 88.1 Å². The van der Waals surface area contributed by atoms with Gasteiger partial charge >= 0.3 is 5.97 Å². The molecule has 0 aliphatic carbocycles. The number of aliphatic carboxylic acids is 1. The molecular formula is C19H27ClN2O5. The van der Waals surface area contributed by atoms with Gasteiger partial charge in [-0.25, -0.2) is 0 Å². The molecule has 0 aromatic heterocycles. The van der Waals surface area contributed by atoms with Crippen LogP contribution in [0.1, 0.15) is 37.7 Å². The lowest BCUT2D eigenvalue weighted by Crippen LogP contribution is -2.33. The number of likely N-dealkylation sites (tertiary alicyclic amines) is 1. The zero-order valence-corrected chi connectivity index (χ0v) is 16.4. The summed E-state index contributed by atoms with van der Waals surface area (Å²) in [6, 6.07) is 3.48. The van der Waals surface area contributed by atoms with Crippen LogP contribution in [-0.4, -0.2) is 55.2 Å². The number of carboxylic acids is 1. The number of hydrogen-bond donors (Lipinski definition) is 2. The highest BCUT2D eigenvalue weighted by atomic mass is 35.5. The maximum atomic E-state index is 11.7. The number of carboxylic acid groups (broad SMARTS) is 1. The molecule has 0 bridgehead atoms. The molecule has 1 amide bonds. The van der Waals surface area contributed by atoms with Crippen LogP contribution in [0.2, 0.25) is 5.02 Å². The van der Waals surface area contributed by atoms with E-state index in [0.717, 1.165) is 25.2 Å². The Balaban J connectivity index is 1.89. The molecule has 2 rings (SSSR count). The second-order valence-corrected chi connectivity index (χ2v) is 6.94. The summed E-state index contributed by atoms with van der Waals surface area (Å²) in [5, 5.41) is 11.7. The molecule has 1 aromatic carbocycles. The summed E-state index contributed by atoms with van der Waals surface area (Å²) in [7, 11) is 1.54. The number of halogens is 1. The van der Waals surface area contributed by atoms with Crippen LogP contribution in [0, 0.1) is 0 Å². The van der Waals surface area contributed by atoms with E-state index < -0.39 is 5.97 Å². The monoisotopic (exact) mass is 398 g/mol. The summed E-state index contributed by atoms with van der Waals surface area (Å²) in [6.45, 7) is 3.83. The third kappa shape index (κ3) is 7.27. The average Bonchev–Trinajstić information content (AvgIpc) is 2.66. The van der Waals surface area contributed by atoms with Crippen molar-refractivity contribution >= 4 is 23.5 Å². The molecule has 7 nitrogen and oxygen atoms in total. The summed E-state index contributed by atoms with van der Waals surface area (Å²) in [6.07, 6.45) is 3.51. The highest BCUT2D eigenvalue weighted by molar-refractivity contribution is 6.32. The minimum absolute atomic E-state index is 0.0576. The molecule has 1 saturated heterocycles. The predicted molar refractivity (Wildman–Crippen MR) is 103 cm³/mol. The fourth-order valence-corrected chi connectivity index (χ4v) is 3.27. The van der Waals surface area contributed by atoms with E-state index in [1.165, 1.54) is 19.3 Å². The van der Waals surface area contributed by atoms with Crippen LogP contribution in [-0.2, 0) is 16.1 Å².